The number of nitrogens with zero attached hydrogens (tertiary/aromatic N) is 1. The molecule has 0 aliphatic rings. The second-order valence-corrected chi connectivity index (χ2v) is 6.14. The fourth-order valence-corrected chi connectivity index (χ4v) is 2.55. The zero-order chi connectivity index (χ0) is 16.3. The quantitative estimate of drug-likeness (QED) is 0.750. The predicted octanol–water partition coefficient (Wildman–Crippen LogP) is 1.67. The highest BCUT2D eigenvalue weighted by atomic mass is 32.1. The average Bonchev–Trinajstić information content (AvgIpc) is 3.07. The van der Waals surface area contributed by atoms with Crippen molar-refractivity contribution in [3.05, 3.63) is 28.3 Å². The van der Waals surface area contributed by atoms with Crippen molar-refractivity contribution in [2.75, 3.05) is 13.7 Å². The van der Waals surface area contributed by atoms with Crippen molar-refractivity contribution < 1.29 is 19.4 Å². The molecule has 0 fully saturated rings. The monoisotopic (exact) mass is 323 g/mol. The molecule has 7 nitrogen and oxygen atoms in total. The van der Waals surface area contributed by atoms with Gasteiger partial charge in [0.15, 0.2) is 5.54 Å². The van der Waals surface area contributed by atoms with Crippen LogP contribution in [0.2, 0.25) is 0 Å². The minimum absolute atomic E-state index is 0.132. The molecule has 0 spiro atoms. The first kappa shape index (κ1) is 16.2. The molecule has 0 saturated heterocycles. The van der Waals surface area contributed by atoms with E-state index in [0.29, 0.717) is 0 Å². The van der Waals surface area contributed by atoms with Crippen LogP contribution in [0.25, 0.3) is 11.3 Å². The maximum Gasteiger partial charge on any atom is 0.331 e. The minimum atomic E-state index is -1.49. The predicted molar refractivity (Wildman–Crippen MR) is 82.0 cm³/mol. The summed E-state index contributed by atoms with van der Waals surface area (Å²) < 4.78 is 4.87. The summed E-state index contributed by atoms with van der Waals surface area (Å²) >= 11 is 1.52. The van der Waals surface area contributed by atoms with Crippen LogP contribution >= 0.6 is 11.3 Å². The zero-order valence-electron chi connectivity index (χ0n) is 12.5. The van der Waals surface area contributed by atoms with Crippen LogP contribution in [0.1, 0.15) is 22.4 Å². The Morgan fingerprint density at radius 3 is 2.82 bits per heavy atom. The van der Waals surface area contributed by atoms with E-state index in [-0.39, 0.29) is 12.3 Å². The van der Waals surface area contributed by atoms with E-state index in [1.54, 1.807) is 12.3 Å². The molecule has 1 atom stereocenters. The molecule has 0 aliphatic heterocycles. The molecule has 1 unspecified atom stereocenters. The summed E-state index contributed by atoms with van der Waals surface area (Å²) in [7, 11) is 1.38. The lowest BCUT2D eigenvalue weighted by atomic mass is 10.0. The number of amides is 1. The number of aromatic amines is 1. The molecule has 118 valence electrons. The van der Waals surface area contributed by atoms with E-state index in [1.165, 1.54) is 25.4 Å². The van der Waals surface area contributed by atoms with Crippen molar-refractivity contribution in [2.24, 2.45) is 0 Å². The Labute approximate surface area is 131 Å². The van der Waals surface area contributed by atoms with E-state index < -0.39 is 17.4 Å². The smallest absolute Gasteiger partial charge is 0.331 e. The zero-order valence-corrected chi connectivity index (χ0v) is 13.3. The highest BCUT2D eigenvalue weighted by molar-refractivity contribution is 7.09. The summed E-state index contributed by atoms with van der Waals surface area (Å²) in [5.41, 5.74) is 0.326. The van der Waals surface area contributed by atoms with Gasteiger partial charge in [0, 0.05) is 24.3 Å². The number of hydrogen-bond acceptors (Lipinski definition) is 5. The summed E-state index contributed by atoms with van der Waals surface area (Å²) in [6, 6.07) is 1.64. The normalized spacial score (nSPS) is 13.6. The summed E-state index contributed by atoms with van der Waals surface area (Å²) in [6.07, 6.45) is 1.66. The molecule has 22 heavy (non-hydrogen) atoms. The Hall–Kier alpha value is -2.19. The molecule has 0 aliphatic carbocycles. The van der Waals surface area contributed by atoms with Crippen molar-refractivity contribution in [1.82, 2.24) is 15.3 Å². The highest BCUT2D eigenvalue weighted by Crippen LogP contribution is 2.22. The van der Waals surface area contributed by atoms with E-state index in [0.717, 1.165) is 16.3 Å². The number of aliphatic carboxylic acids is 1. The number of carbonyl (C=O) groups excluding carboxylic acids is 1. The van der Waals surface area contributed by atoms with E-state index in [4.69, 9.17) is 4.74 Å². The van der Waals surface area contributed by atoms with E-state index in [9.17, 15) is 14.7 Å². The topological polar surface area (TPSA) is 104 Å². The standard InChI is InChI=1S/C14H17N3O4S/c1-8-16-11(6-22-8)9-4-10(15-5-9)12(18)17-14(2,7-21-3)13(19)20/h4-6,15H,7H2,1-3H3,(H,17,18)(H,19,20). The Kier molecular flexibility index (Phi) is 4.62. The first-order chi connectivity index (χ1) is 10.4. The lowest BCUT2D eigenvalue weighted by Gasteiger charge is -2.24. The first-order valence-corrected chi connectivity index (χ1v) is 7.39. The van der Waals surface area contributed by atoms with Crippen LogP contribution < -0.4 is 5.32 Å². The molecule has 0 saturated carbocycles. The lowest BCUT2D eigenvalue weighted by molar-refractivity contribution is -0.145. The van der Waals surface area contributed by atoms with Crippen molar-refractivity contribution >= 4 is 23.2 Å². The second-order valence-electron chi connectivity index (χ2n) is 5.08. The van der Waals surface area contributed by atoms with Crippen LogP contribution in [0.15, 0.2) is 17.6 Å². The van der Waals surface area contributed by atoms with Crippen molar-refractivity contribution in [2.45, 2.75) is 19.4 Å². The molecular formula is C14H17N3O4S. The van der Waals surface area contributed by atoms with Crippen LogP contribution in [-0.4, -0.2) is 46.2 Å². The van der Waals surface area contributed by atoms with Gasteiger partial charge < -0.3 is 20.1 Å². The Balaban J connectivity index is 2.16. The number of H-pyrrole nitrogens is 1. The van der Waals surface area contributed by atoms with Gasteiger partial charge >= 0.3 is 5.97 Å². The molecule has 2 aromatic rings. The number of carboxylic acid groups (broad SMARTS) is 1. The molecule has 1 amide bonds. The number of methoxy groups -OCH3 is 1. The van der Waals surface area contributed by atoms with Gasteiger partial charge in [-0.05, 0) is 19.9 Å². The van der Waals surface area contributed by atoms with Gasteiger partial charge in [0.25, 0.3) is 5.91 Å². The maximum atomic E-state index is 12.2. The molecule has 2 aromatic heterocycles. The molecule has 8 heteroatoms. The molecule has 3 N–H and O–H groups in total. The lowest BCUT2D eigenvalue weighted by Crippen LogP contribution is -2.55. The summed E-state index contributed by atoms with van der Waals surface area (Å²) in [4.78, 5) is 30.7. The van der Waals surface area contributed by atoms with Crippen LogP contribution in [0, 0.1) is 6.92 Å². The van der Waals surface area contributed by atoms with Gasteiger partial charge in [0.1, 0.15) is 5.69 Å². The van der Waals surface area contributed by atoms with Gasteiger partial charge in [0.2, 0.25) is 0 Å². The molecule has 2 heterocycles. The molecule has 0 radical (unpaired) electrons. The third kappa shape index (κ3) is 3.34. The van der Waals surface area contributed by atoms with E-state index in [2.05, 4.69) is 15.3 Å². The highest BCUT2D eigenvalue weighted by Gasteiger charge is 2.35. The van der Waals surface area contributed by atoms with Crippen LogP contribution in [0.3, 0.4) is 0 Å². The number of hydrogen-bond donors (Lipinski definition) is 3. The number of ether oxygens (including phenoxy) is 1. The SMILES string of the molecule is COCC(C)(NC(=O)c1cc(-c2csc(C)n2)c[nH]1)C(=O)O. The van der Waals surface area contributed by atoms with Crippen molar-refractivity contribution in [3.63, 3.8) is 0 Å². The Morgan fingerprint density at radius 1 is 1.55 bits per heavy atom. The van der Waals surface area contributed by atoms with Gasteiger partial charge in [-0.3, -0.25) is 4.79 Å². The fraction of sp³-hybridized carbons (Fsp3) is 0.357. The number of nitrogens with one attached hydrogen (secondary N) is 2. The third-order valence-electron chi connectivity index (χ3n) is 3.14. The fourth-order valence-electron chi connectivity index (χ4n) is 1.93. The number of rotatable bonds is 6. The third-order valence-corrected chi connectivity index (χ3v) is 3.91. The summed E-state index contributed by atoms with van der Waals surface area (Å²) in [5.74, 6) is -1.68. The minimum Gasteiger partial charge on any atom is -0.479 e. The number of aromatic nitrogens is 2. The van der Waals surface area contributed by atoms with Gasteiger partial charge in [-0.15, -0.1) is 11.3 Å². The van der Waals surface area contributed by atoms with E-state index in [1.807, 2.05) is 12.3 Å². The molecular weight excluding hydrogens is 306 g/mol. The van der Waals surface area contributed by atoms with Crippen LogP contribution in [-0.2, 0) is 9.53 Å². The number of aryl methyl sites for hydroxylation is 1. The van der Waals surface area contributed by atoms with Gasteiger partial charge in [-0.2, -0.15) is 0 Å². The van der Waals surface area contributed by atoms with Crippen molar-refractivity contribution in [1.29, 1.82) is 0 Å². The molecule has 0 aromatic carbocycles. The van der Waals surface area contributed by atoms with E-state index >= 15 is 0 Å². The summed E-state index contributed by atoms with van der Waals surface area (Å²) in [6.45, 7) is 3.16. The van der Waals surface area contributed by atoms with Crippen LogP contribution in [0.5, 0.6) is 0 Å². The number of thiazole rings is 1. The maximum absolute atomic E-state index is 12.2. The average molecular weight is 323 g/mol. The second kappa shape index (κ2) is 6.29. The molecule has 2 rings (SSSR count). The van der Waals surface area contributed by atoms with Crippen molar-refractivity contribution in [3.8, 4) is 11.3 Å². The number of carbonyl (C=O) groups is 2. The Morgan fingerprint density at radius 2 is 2.27 bits per heavy atom. The summed E-state index contributed by atoms with van der Waals surface area (Å²) in [5, 5.41) is 14.5. The van der Waals surface area contributed by atoms with Gasteiger partial charge in [-0.25, -0.2) is 9.78 Å². The van der Waals surface area contributed by atoms with Gasteiger partial charge in [-0.1, -0.05) is 0 Å². The number of carboxylic acids is 1. The Bertz CT molecular complexity index is 694. The first-order valence-electron chi connectivity index (χ1n) is 6.51. The molecule has 0 bridgehead atoms. The van der Waals surface area contributed by atoms with Crippen LogP contribution in [0.4, 0.5) is 0 Å². The largest absolute Gasteiger partial charge is 0.479 e. The van der Waals surface area contributed by atoms with Gasteiger partial charge in [0.05, 0.1) is 17.3 Å².